The van der Waals surface area contributed by atoms with Gasteiger partial charge in [-0.3, -0.25) is 9.48 Å². The standard InChI is InChI=1S/C22H39N7O3.HI/c1-7-32-22(31)29-13-10-18(11-14-29)25-21(24-15-20(30)27(4)5)23-12-8-9-19-16(2)26-28(6)17(19)3;/h18H,7-15H2,1-6H3,(H2,23,24,25);1H. The summed E-state index contributed by atoms with van der Waals surface area (Å²) in [7, 11) is 5.41. The van der Waals surface area contributed by atoms with Gasteiger partial charge in [0.25, 0.3) is 0 Å². The third-order valence-corrected chi connectivity index (χ3v) is 5.79. The lowest BCUT2D eigenvalue weighted by Crippen LogP contribution is -2.50. The predicted octanol–water partition coefficient (Wildman–Crippen LogP) is 1.83. The van der Waals surface area contributed by atoms with Crippen LogP contribution in [0.1, 0.15) is 43.1 Å². The van der Waals surface area contributed by atoms with E-state index in [0.29, 0.717) is 25.7 Å². The first-order valence-electron chi connectivity index (χ1n) is 11.4. The van der Waals surface area contributed by atoms with Gasteiger partial charge in [0.15, 0.2) is 5.96 Å². The van der Waals surface area contributed by atoms with E-state index < -0.39 is 0 Å². The molecule has 0 atom stereocenters. The second-order valence-corrected chi connectivity index (χ2v) is 8.36. The van der Waals surface area contributed by atoms with Crippen molar-refractivity contribution in [3.05, 3.63) is 17.0 Å². The zero-order valence-electron chi connectivity index (χ0n) is 20.8. The molecule has 1 aromatic rings. The van der Waals surface area contributed by atoms with Gasteiger partial charge in [-0.05, 0) is 52.0 Å². The molecule has 1 saturated heterocycles. The molecule has 0 radical (unpaired) electrons. The number of ether oxygens (including phenoxy) is 1. The van der Waals surface area contributed by atoms with Crippen LogP contribution >= 0.6 is 24.0 Å². The van der Waals surface area contributed by atoms with E-state index in [1.54, 1.807) is 19.0 Å². The van der Waals surface area contributed by atoms with Gasteiger partial charge in [0.2, 0.25) is 5.91 Å². The van der Waals surface area contributed by atoms with Crippen molar-refractivity contribution in [2.45, 2.75) is 52.5 Å². The lowest BCUT2D eigenvalue weighted by molar-refractivity contribution is -0.127. The van der Waals surface area contributed by atoms with Crippen LogP contribution in [0.2, 0.25) is 0 Å². The lowest BCUT2D eigenvalue weighted by atomic mass is 10.1. The first kappa shape index (κ1) is 29.0. The summed E-state index contributed by atoms with van der Waals surface area (Å²) in [4.78, 5) is 31.7. The number of aromatic nitrogens is 2. The molecule has 2 rings (SSSR count). The summed E-state index contributed by atoms with van der Waals surface area (Å²) in [5, 5.41) is 11.3. The lowest BCUT2D eigenvalue weighted by Gasteiger charge is -2.32. The summed E-state index contributed by atoms with van der Waals surface area (Å²) < 4.78 is 7.01. The molecule has 0 spiro atoms. The molecule has 2 N–H and O–H groups in total. The minimum absolute atomic E-state index is 0. The molecule has 0 bridgehead atoms. The number of hydrogen-bond acceptors (Lipinski definition) is 5. The summed E-state index contributed by atoms with van der Waals surface area (Å²) >= 11 is 0. The third kappa shape index (κ3) is 9.01. The smallest absolute Gasteiger partial charge is 0.409 e. The van der Waals surface area contributed by atoms with E-state index in [1.807, 2.05) is 25.6 Å². The van der Waals surface area contributed by atoms with E-state index in [1.165, 1.54) is 16.2 Å². The van der Waals surface area contributed by atoms with Gasteiger partial charge in [-0.25, -0.2) is 9.79 Å². The quantitative estimate of drug-likeness (QED) is 0.212. The highest BCUT2D eigenvalue weighted by Crippen LogP contribution is 2.14. The van der Waals surface area contributed by atoms with Crippen molar-refractivity contribution in [1.29, 1.82) is 0 Å². The second kappa shape index (κ2) is 14.3. The number of carbonyl (C=O) groups is 2. The Kier molecular flexibility index (Phi) is 12.5. The maximum absolute atomic E-state index is 12.0. The molecule has 0 unspecified atom stereocenters. The maximum Gasteiger partial charge on any atom is 0.409 e. The number of halogens is 1. The molecule has 33 heavy (non-hydrogen) atoms. The van der Waals surface area contributed by atoms with Crippen molar-refractivity contribution in [3.63, 3.8) is 0 Å². The largest absolute Gasteiger partial charge is 0.450 e. The number of piperidine rings is 1. The topological polar surface area (TPSA) is 104 Å². The molecule has 2 heterocycles. The van der Waals surface area contributed by atoms with Crippen molar-refractivity contribution in [3.8, 4) is 0 Å². The average Bonchev–Trinajstić information content (AvgIpc) is 3.00. The number of nitrogens with one attached hydrogen (secondary N) is 2. The zero-order chi connectivity index (χ0) is 23.7. The highest BCUT2D eigenvalue weighted by Gasteiger charge is 2.24. The van der Waals surface area contributed by atoms with Crippen molar-refractivity contribution >= 4 is 41.9 Å². The first-order chi connectivity index (χ1) is 15.2. The van der Waals surface area contributed by atoms with Crippen molar-refractivity contribution in [2.24, 2.45) is 12.0 Å². The van der Waals surface area contributed by atoms with E-state index in [9.17, 15) is 9.59 Å². The van der Waals surface area contributed by atoms with Gasteiger partial charge in [0.1, 0.15) is 6.54 Å². The third-order valence-electron chi connectivity index (χ3n) is 5.79. The molecule has 11 heteroatoms. The van der Waals surface area contributed by atoms with E-state index in [0.717, 1.165) is 37.9 Å². The van der Waals surface area contributed by atoms with Crippen LogP contribution in [-0.2, 0) is 23.0 Å². The zero-order valence-corrected chi connectivity index (χ0v) is 23.1. The fourth-order valence-electron chi connectivity index (χ4n) is 3.71. The number of aliphatic imine (C=N–C) groups is 1. The number of guanidine groups is 1. The number of nitrogens with zero attached hydrogens (tertiary/aromatic N) is 5. The average molecular weight is 578 g/mol. The van der Waals surface area contributed by atoms with E-state index in [2.05, 4.69) is 27.6 Å². The Morgan fingerprint density at radius 2 is 1.91 bits per heavy atom. The van der Waals surface area contributed by atoms with E-state index in [4.69, 9.17) is 4.74 Å². The second-order valence-electron chi connectivity index (χ2n) is 8.36. The Hall–Kier alpha value is -2.05. The van der Waals surface area contributed by atoms with Gasteiger partial charge < -0.3 is 25.2 Å². The molecular formula is C22H40IN7O3. The Balaban J connectivity index is 0.00000544. The van der Waals surface area contributed by atoms with Crippen LogP contribution < -0.4 is 10.6 Å². The Morgan fingerprint density at radius 3 is 2.45 bits per heavy atom. The van der Waals surface area contributed by atoms with Crippen LogP contribution in [-0.4, -0.2) is 90.5 Å². The highest BCUT2D eigenvalue weighted by molar-refractivity contribution is 14.0. The molecule has 2 amide bonds. The fourth-order valence-corrected chi connectivity index (χ4v) is 3.71. The maximum atomic E-state index is 12.0. The summed E-state index contributed by atoms with van der Waals surface area (Å²) in [5.74, 6) is 0.583. The Bertz CT molecular complexity index is 802. The SMILES string of the molecule is CCOC(=O)N1CCC(NC(=NCC(=O)N(C)C)NCCCc2c(C)nn(C)c2C)CC1.I. The summed E-state index contributed by atoms with van der Waals surface area (Å²) in [6.07, 6.45) is 3.21. The van der Waals surface area contributed by atoms with Gasteiger partial charge in [-0.15, -0.1) is 24.0 Å². The predicted molar refractivity (Wildman–Crippen MR) is 140 cm³/mol. The van der Waals surface area contributed by atoms with Crippen molar-refractivity contribution in [1.82, 2.24) is 30.2 Å². The summed E-state index contributed by atoms with van der Waals surface area (Å²) in [5.41, 5.74) is 3.55. The minimum Gasteiger partial charge on any atom is -0.450 e. The molecule has 0 aromatic carbocycles. The molecule has 10 nitrogen and oxygen atoms in total. The van der Waals surface area contributed by atoms with Gasteiger partial charge in [-0.2, -0.15) is 5.10 Å². The summed E-state index contributed by atoms with van der Waals surface area (Å²) in [6, 6.07) is 0.184. The number of amides is 2. The molecular weight excluding hydrogens is 537 g/mol. The van der Waals surface area contributed by atoms with E-state index in [-0.39, 0.29) is 48.6 Å². The van der Waals surface area contributed by atoms with Gasteiger partial charge >= 0.3 is 6.09 Å². The molecule has 1 aliphatic rings. The van der Waals surface area contributed by atoms with Crippen LogP contribution in [0.5, 0.6) is 0 Å². The summed E-state index contributed by atoms with van der Waals surface area (Å²) in [6.45, 7) is 8.43. The molecule has 1 aliphatic heterocycles. The van der Waals surface area contributed by atoms with Gasteiger partial charge in [0, 0.05) is 52.5 Å². The van der Waals surface area contributed by atoms with E-state index >= 15 is 0 Å². The Morgan fingerprint density at radius 1 is 1.24 bits per heavy atom. The highest BCUT2D eigenvalue weighted by atomic mass is 127. The van der Waals surface area contributed by atoms with Gasteiger partial charge in [-0.1, -0.05) is 0 Å². The van der Waals surface area contributed by atoms with Crippen LogP contribution in [0.3, 0.4) is 0 Å². The molecule has 0 saturated carbocycles. The number of likely N-dealkylation sites (tertiary alicyclic amines) is 1. The Labute approximate surface area is 214 Å². The molecule has 188 valence electrons. The number of rotatable bonds is 8. The number of carbonyl (C=O) groups excluding carboxylic acids is 2. The molecule has 1 fully saturated rings. The van der Waals surface area contributed by atoms with Crippen LogP contribution in [0.4, 0.5) is 4.79 Å². The molecule has 0 aliphatic carbocycles. The molecule has 1 aromatic heterocycles. The van der Waals surface area contributed by atoms with Crippen molar-refractivity contribution in [2.75, 3.05) is 46.9 Å². The van der Waals surface area contributed by atoms with Crippen LogP contribution in [0.25, 0.3) is 0 Å². The normalized spacial score (nSPS) is 14.5. The van der Waals surface area contributed by atoms with Crippen LogP contribution in [0, 0.1) is 13.8 Å². The minimum atomic E-state index is -0.254. The number of hydrogen-bond donors (Lipinski definition) is 2. The van der Waals surface area contributed by atoms with Crippen molar-refractivity contribution < 1.29 is 14.3 Å². The number of aryl methyl sites for hydroxylation is 2. The van der Waals surface area contributed by atoms with Gasteiger partial charge in [0.05, 0.1) is 12.3 Å². The monoisotopic (exact) mass is 577 g/mol. The fraction of sp³-hybridized carbons (Fsp3) is 0.727. The first-order valence-corrected chi connectivity index (χ1v) is 11.4. The van der Waals surface area contributed by atoms with Crippen LogP contribution in [0.15, 0.2) is 4.99 Å². The number of likely N-dealkylation sites (N-methyl/N-ethyl adjacent to an activating group) is 1.